The Morgan fingerprint density at radius 3 is 2.45 bits per heavy atom. The molecular formula is C23H20FN3O6. The molecule has 0 unspecified atom stereocenters. The lowest BCUT2D eigenvalue weighted by atomic mass is 10.1. The second kappa shape index (κ2) is 9.61. The second-order valence-electron chi connectivity index (χ2n) is 7.26. The van der Waals surface area contributed by atoms with Crippen LogP contribution in [0, 0.1) is 5.82 Å². The zero-order valence-corrected chi connectivity index (χ0v) is 17.5. The summed E-state index contributed by atoms with van der Waals surface area (Å²) in [6, 6.07) is 10.6. The molecule has 33 heavy (non-hydrogen) atoms. The topological polar surface area (TPSA) is 105 Å². The standard InChI is InChI=1S/C23H20FN3O6/c24-18-3-1-2-4-19(18)27-22(30)17(21(29)25-23(27)31)13-15-5-7-16(8-6-15)33-14-20(28)26-9-11-32-12-10-26/h1-8,13H,9-12,14H2,(H,25,29,31)/b17-13+. The monoisotopic (exact) mass is 453 g/mol. The van der Waals surface area contributed by atoms with E-state index in [9.17, 15) is 23.6 Å². The number of amides is 5. The lowest BCUT2D eigenvalue weighted by molar-refractivity contribution is -0.137. The summed E-state index contributed by atoms with van der Waals surface area (Å²) in [4.78, 5) is 51.7. The third-order valence-corrected chi connectivity index (χ3v) is 5.11. The number of morpholine rings is 1. The Kier molecular flexibility index (Phi) is 6.45. The van der Waals surface area contributed by atoms with E-state index in [2.05, 4.69) is 0 Å². The highest BCUT2D eigenvalue weighted by Crippen LogP contribution is 2.24. The number of carbonyl (C=O) groups is 4. The SMILES string of the molecule is O=C1NC(=O)N(c2ccccc2F)C(=O)/C1=C/c1ccc(OCC(=O)N2CCOCC2)cc1. The van der Waals surface area contributed by atoms with Gasteiger partial charge < -0.3 is 14.4 Å². The first-order valence-corrected chi connectivity index (χ1v) is 10.2. The largest absolute Gasteiger partial charge is 0.484 e. The van der Waals surface area contributed by atoms with E-state index in [4.69, 9.17) is 9.47 Å². The van der Waals surface area contributed by atoms with Crippen molar-refractivity contribution in [3.8, 4) is 5.75 Å². The third kappa shape index (κ3) is 4.90. The van der Waals surface area contributed by atoms with Gasteiger partial charge in [-0.3, -0.25) is 19.7 Å². The zero-order valence-electron chi connectivity index (χ0n) is 17.5. The quantitative estimate of drug-likeness (QED) is 0.546. The summed E-state index contributed by atoms with van der Waals surface area (Å²) in [6.45, 7) is 1.93. The van der Waals surface area contributed by atoms with Crippen LogP contribution in [0.15, 0.2) is 54.1 Å². The highest BCUT2D eigenvalue weighted by Gasteiger charge is 2.37. The summed E-state index contributed by atoms with van der Waals surface area (Å²) in [7, 11) is 0. The third-order valence-electron chi connectivity index (χ3n) is 5.11. The van der Waals surface area contributed by atoms with Crippen molar-refractivity contribution in [2.75, 3.05) is 37.8 Å². The number of nitrogens with one attached hydrogen (secondary N) is 1. The number of benzene rings is 2. The Balaban J connectivity index is 1.46. The Labute approximate surface area is 188 Å². The van der Waals surface area contributed by atoms with E-state index in [1.54, 1.807) is 29.2 Å². The number of hydrogen-bond donors (Lipinski definition) is 1. The minimum atomic E-state index is -1.03. The molecule has 0 aliphatic carbocycles. The van der Waals surface area contributed by atoms with E-state index in [1.807, 2.05) is 5.32 Å². The van der Waals surface area contributed by atoms with Gasteiger partial charge >= 0.3 is 6.03 Å². The number of nitrogens with zero attached hydrogens (tertiary/aromatic N) is 2. The number of barbiturate groups is 1. The molecule has 2 aromatic rings. The van der Waals surface area contributed by atoms with Gasteiger partial charge in [0.1, 0.15) is 17.1 Å². The molecule has 2 fully saturated rings. The highest BCUT2D eigenvalue weighted by atomic mass is 19.1. The smallest absolute Gasteiger partial charge is 0.336 e. The molecule has 0 aromatic heterocycles. The van der Waals surface area contributed by atoms with Gasteiger partial charge in [-0.1, -0.05) is 24.3 Å². The second-order valence-corrected chi connectivity index (χ2v) is 7.26. The molecule has 0 radical (unpaired) electrons. The Morgan fingerprint density at radius 2 is 1.76 bits per heavy atom. The first kappa shape index (κ1) is 22.2. The van der Waals surface area contributed by atoms with Gasteiger partial charge in [-0.25, -0.2) is 14.1 Å². The molecule has 2 aromatic carbocycles. The maximum atomic E-state index is 14.1. The van der Waals surface area contributed by atoms with Crippen LogP contribution in [-0.2, 0) is 19.1 Å². The van der Waals surface area contributed by atoms with Crippen molar-refractivity contribution in [3.63, 3.8) is 0 Å². The number of rotatable bonds is 5. The molecule has 0 saturated carbocycles. The molecule has 4 rings (SSSR count). The minimum Gasteiger partial charge on any atom is -0.484 e. The van der Waals surface area contributed by atoms with Crippen LogP contribution in [0.5, 0.6) is 5.75 Å². The molecule has 2 aliphatic heterocycles. The van der Waals surface area contributed by atoms with Crippen LogP contribution in [0.3, 0.4) is 0 Å². The summed E-state index contributed by atoms with van der Waals surface area (Å²) >= 11 is 0. The van der Waals surface area contributed by atoms with Crippen LogP contribution >= 0.6 is 0 Å². The number of para-hydroxylation sites is 1. The summed E-state index contributed by atoms with van der Waals surface area (Å²) in [5, 5.41) is 2.05. The molecule has 1 N–H and O–H groups in total. The average molecular weight is 453 g/mol. The van der Waals surface area contributed by atoms with Crippen molar-refractivity contribution < 1.29 is 33.0 Å². The Morgan fingerprint density at radius 1 is 1.06 bits per heavy atom. The van der Waals surface area contributed by atoms with Crippen LogP contribution in [0.25, 0.3) is 6.08 Å². The van der Waals surface area contributed by atoms with E-state index < -0.39 is 23.7 Å². The Hall–Kier alpha value is -4.05. The average Bonchev–Trinajstić information content (AvgIpc) is 2.82. The van der Waals surface area contributed by atoms with Crippen LogP contribution in [0.4, 0.5) is 14.9 Å². The maximum Gasteiger partial charge on any atom is 0.336 e. The van der Waals surface area contributed by atoms with Crippen molar-refractivity contribution in [1.29, 1.82) is 0 Å². The van der Waals surface area contributed by atoms with Gasteiger partial charge in [-0.05, 0) is 35.9 Å². The normalized spacial score (nSPS) is 17.8. The zero-order chi connectivity index (χ0) is 23.4. The van der Waals surface area contributed by atoms with Gasteiger partial charge in [-0.2, -0.15) is 0 Å². The number of anilines is 1. The number of halogens is 1. The summed E-state index contributed by atoms with van der Waals surface area (Å²) < 4.78 is 24.9. The van der Waals surface area contributed by atoms with Gasteiger partial charge in [0.25, 0.3) is 17.7 Å². The predicted molar refractivity (Wildman–Crippen MR) is 115 cm³/mol. The van der Waals surface area contributed by atoms with Crippen molar-refractivity contribution in [2.45, 2.75) is 0 Å². The van der Waals surface area contributed by atoms with Gasteiger partial charge in [0, 0.05) is 13.1 Å². The van der Waals surface area contributed by atoms with Gasteiger partial charge in [-0.15, -0.1) is 0 Å². The molecule has 2 saturated heterocycles. The molecular weight excluding hydrogens is 433 g/mol. The predicted octanol–water partition coefficient (Wildman–Crippen LogP) is 1.73. The number of urea groups is 1. The van der Waals surface area contributed by atoms with Crippen molar-refractivity contribution in [3.05, 3.63) is 65.5 Å². The van der Waals surface area contributed by atoms with Crippen molar-refractivity contribution in [2.24, 2.45) is 0 Å². The van der Waals surface area contributed by atoms with E-state index in [0.717, 1.165) is 6.07 Å². The molecule has 5 amide bonds. The number of carbonyl (C=O) groups excluding carboxylic acids is 4. The number of ether oxygens (including phenoxy) is 2. The van der Waals surface area contributed by atoms with Gasteiger partial charge in [0.2, 0.25) is 0 Å². The summed E-state index contributed by atoms with van der Waals surface area (Å²) in [5.74, 6) is -2.31. The van der Waals surface area contributed by atoms with E-state index in [-0.39, 0.29) is 23.8 Å². The first-order chi connectivity index (χ1) is 15.9. The van der Waals surface area contributed by atoms with Crippen LogP contribution in [0.1, 0.15) is 5.56 Å². The molecule has 10 heteroatoms. The van der Waals surface area contributed by atoms with Crippen molar-refractivity contribution in [1.82, 2.24) is 10.2 Å². The van der Waals surface area contributed by atoms with E-state index in [0.29, 0.717) is 42.5 Å². The molecule has 170 valence electrons. The number of imide groups is 2. The van der Waals surface area contributed by atoms with Gasteiger partial charge in [0.15, 0.2) is 6.61 Å². The highest BCUT2D eigenvalue weighted by molar-refractivity contribution is 6.39. The van der Waals surface area contributed by atoms with E-state index in [1.165, 1.54) is 24.3 Å². The fourth-order valence-electron chi connectivity index (χ4n) is 3.39. The van der Waals surface area contributed by atoms with E-state index >= 15 is 0 Å². The van der Waals surface area contributed by atoms with Gasteiger partial charge in [0.05, 0.1) is 18.9 Å². The molecule has 0 atom stereocenters. The maximum absolute atomic E-state index is 14.1. The van der Waals surface area contributed by atoms with Crippen LogP contribution < -0.4 is 15.0 Å². The molecule has 2 aliphatic rings. The Bertz CT molecular complexity index is 1130. The summed E-state index contributed by atoms with van der Waals surface area (Å²) in [5.41, 5.74) is -0.107. The van der Waals surface area contributed by atoms with Crippen LogP contribution in [0.2, 0.25) is 0 Å². The van der Waals surface area contributed by atoms with Crippen LogP contribution in [-0.4, -0.2) is 61.6 Å². The lowest BCUT2D eigenvalue weighted by Gasteiger charge is -2.26. The van der Waals surface area contributed by atoms with Crippen molar-refractivity contribution >= 4 is 35.5 Å². The fourth-order valence-corrected chi connectivity index (χ4v) is 3.39. The fraction of sp³-hybridized carbons (Fsp3) is 0.217. The molecule has 9 nitrogen and oxygen atoms in total. The molecule has 0 spiro atoms. The molecule has 2 heterocycles. The summed E-state index contributed by atoms with van der Waals surface area (Å²) in [6.07, 6.45) is 1.29. The number of hydrogen-bond acceptors (Lipinski definition) is 6. The minimum absolute atomic E-state index is 0.124. The molecule has 0 bridgehead atoms. The first-order valence-electron chi connectivity index (χ1n) is 10.2. The lowest BCUT2D eigenvalue weighted by Crippen LogP contribution is -2.54.